The summed E-state index contributed by atoms with van der Waals surface area (Å²) in [6.07, 6.45) is 0.341. The average Bonchev–Trinajstić information content (AvgIpc) is 2.29. The van der Waals surface area contributed by atoms with E-state index in [0.717, 1.165) is 12.1 Å². The fourth-order valence-electron chi connectivity index (χ4n) is 1.80. The molecule has 0 fully saturated rings. The second kappa shape index (κ2) is 5.91. The van der Waals surface area contributed by atoms with Gasteiger partial charge in [-0.05, 0) is 38.2 Å². The number of rotatable bonds is 5. The zero-order valence-corrected chi connectivity index (χ0v) is 10.7. The first-order valence-corrected chi connectivity index (χ1v) is 5.67. The highest BCUT2D eigenvalue weighted by Crippen LogP contribution is 2.27. The second-order valence-corrected chi connectivity index (χ2v) is 4.63. The zero-order valence-electron chi connectivity index (χ0n) is 10.7. The molecule has 0 radical (unpaired) electrons. The SMILES string of the molecule is CC(CC(c1ccc(F)c(F)c1)N(C)C)C(=O)O. The largest absolute Gasteiger partial charge is 0.481 e. The van der Waals surface area contributed by atoms with Gasteiger partial charge in [-0.3, -0.25) is 4.79 Å². The molecule has 0 aromatic heterocycles. The maximum atomic E-state index is 13.2. The molecule has 2 atom stereocenters. The lowest BCUT2D eigenvalue weighted by molar-refractivity contribution is -0.141. The minimum Gasteiger partial charge on any atom is -0.481 e. The minimum absolute atomic E-state index is 0.258. The number of carboxylic acid groups (broad SMARTS) is 1. The Kier molecular flexibility index (Phi) is 4.78. The Morgan fingerprint density at radius 3 is 2.39 bits per heavy atom. The van der Waals surface area contributed by atoms with Crippen molar-refractivity contribution < 1.29 is 18.7 Å². The molecule has 0 spiro atoms. The van der Waals surface area contributed by atoms with Crippen LogP contribution >= 0.6 is 0 Å². The number of nitrogens with zero attached hydrogens (tertiary/aromatic N) is 1. The van der Waals surface area contributed by atoms with Gasteiger partial charge in [-0.1, -0.05) is 13.0 Å². The summed E-state index contributed by atoms with van der Waals surface area (Å²) in [6.45, 7) is 1.60. The van der Waals surface area contributed by atoms with E-state index in [4.69, 9.17) is 5.11 Å². The van der Waals surface area contributed by atoms with E-state index >= 15 is 0 Å². The molecular weight excluding hydrogens is 240 g/mol. The van der Waals surface area contributed by atoms with Crippen LogP contribution in [-0.4, -0.2) is 30.1 Å². The van der Waals surface area contributed by atoms with Gasteiger partial charge in [-0.15, -0.1) is 0 Å². The zero-order chi connectivity index (χ0) is 13.9. The third kappa shape index (κ3) is 3.50. The van der Waals surface area contributed by atoms with Crippen molar-refractivity contribution in [2.75, 3.05) is 14.1 Å². The van der Waals surface area contributed by atoms with E-state index in [2.05, 4.69) is 0 Å². The van der Waals surface area contributed by atoms with Gasteiger partial charge in [0.2, 0.25) is 0 Å². The van der Waals surface area contributed by atoms with Crippen molar-refractivity contribution in [1.29, 1.82) is 0 Å². The topological polar surface area (TPSA) is 40.5 Å². The van der Waals surface area contributed by atoms with Gasteiger partial charge in [-0.25, -0.2) is 8.78 Å². The molecular formula is C13H17F2NO2. The van der Waals surface area contributed by atoms with Gasteiger partial charge in [-0.2, -0.15) is 0 Å². The smallest absolute Gasteiger partial charge is 0.306 e. The minimum atomic E-state index is -0.915. The normalized spacial score (nSPS) is 14.6. The maximum absolute atomic E-state index is 13.2. The van der Waals surface area contributed by atoms with Crippen LogP contribution in [0.2, 0.25) is 0 Å². The van der Waals surface area contributed by atoms with E-state index < -0.39 is 23.5 Å². The van der Waals surface area contributed by atoms with Crippen LogP contribution in [0.3, 0.4) is 0 Å². The summed E-state index contributed by atoms with van der Waals surface area (Å²) >= 11 is 0. The predicted octanol–water partition coefficient (Wildman–Crippen LogP) is 2.68. The van der Waals surface area contributed by atoms with Gasteiger partial charge in [0.15, 0.2) is 11.6 Å². The lowest BCUT2D eigenvalue weighted by Gasteiger charge is -2.26. The molecule has 1 aromatic rings. The van der Waals surface area contributed by atoms with Crippen molar-refractivity contribution in [2.24, 2.45) is 5.92 Å². The fraction of sp³-hybridized carbons (Fsp3) is 0.462. The number of benzene rings is 1. The number of aliphatic carboxylic acids is 1. The summed E-state index contributed by atoms with van der Waals surface area (Å²) in [5.41, 5.74) is 0.576. The number of carbonyl (C=O) groups is 1. The van der Waals surface area contributed by atoms with Crippen molar-refractivity contribution in [1.82, 2.24) is 4.90 Å². The van der Waals surface area contributed by atoms with Crippen molar-refractivity contribution in [3.63, 3.8) is 0 Å². The molecule has 2 unspecified atom stereocenters. The van der Waals surface area contributed by atoms with Gasteiger partial charge >= 0.3 is 5.97 Å². The van der Waals surface area contributed by atoms with Gasteiger partial charge in [0.25, 0.3) is 0 Å². The molecule has 0 heterocycles. The van der Waals surface area contributed by atoms with Crippen molar-refractivity contribution in [3.8, 4) is 0 Å². The molecule has 0 aliphatic heterocycles. The quantitative estimate of drug-likeness (QED) is 0.881. The van der Waals surface area contributed by atoms with E-state index in [0.29, 0.717) is 12.0 Å². The second-order valence-electron chi connectivity index (χ2n) is 4.63. The van der Waals surface area contributed by atoms with Gasteiger partial charge < -0.3 is 10.0 Å². The summed E-state index contributed by atoms with van der Waals surface area (Å²) in [4.78, 5) is 12.7. The molecule has 0 amide bonds. The first kappa shape index (κ1) is 14.6. The molecule has 1 rings (SSSR count). The summed E-state index contributed by atoms with van der Waals surface area (Å²) in [6, 6.07) is 3.41. The molecule has 0 bridgehead atoms. The Labute approximate surface area is 105 Å². The summed E-state index contributed by atoms with van der Waals surface area (Å²) < 4.78 is 26.1. The first-order valence-electron chi connectivity index (χ1n) is 5.67. The van der Waals surface area contributed by atoms with Crippen LogP contribution in [0, 0.1) is 17.6 Å². The summed E-state index contributed by atoms with van der Waals surface area (Å²) in [7, 11) is 3.56. The van der Waals surface area contributed by atoms with Crippen molar-refractivity contribution in [3.05, 3.63) is 35.4 Å². The molecule has 5 heteroatoms. The Hall–Kier alpha value is -1.49. The van der Waals surface area contributed by atoms with E-state index in [1.165, 1.54) is 6.07 Å². The van der Waals surface area contributed by atoms with Crippen LogP contribution < -0.4 is 0 Å². The predicted molar refractivity (Wildman–Crippen MR) is 64.2 cm³/mol. The molecule has 0 saturated carbocycles. The van der Waals surface area contributed by atoms with Gasteiger partial charge in [0.1, 0.15) is 0 Å². The van der Waals surface area contributed by atoms with E-state index in [1.54, 1.807) is 25.9 Å². The Morgan fingerprint density at radius 2 is 1.94 bits per heavy atom. The van der Waals surface area contributed by atoms with Gasteiger partial charge in [0.05, 0.1) is 5.92 Å². The third-order valence-corrected chi connectivity index (χ3v) is 2.95. The highest BCUT2D eigenvalue weighted by Gasteiger charge is 2.22. The monoisotopic (exact) mass is 257 g/mol. The molecule has 3 nitrogen and oxygen atoms in total. The van der Waals surface area contributed by atoms with Crippen molar-refractivity contribution in [2.45, 2.75) is 19.4 Å². The van der Waals surface area contributed by atoms with Crippen LogP contribution in [0.15, 0.2) is 18.2 Å². The Morgan fingerprint density at radius 1 is 1.33 bits per heavy atom. The fourth-order valence-corrected chi connectivity index (χ4v) is 1.80. The standard InChI is InChI=1S/C13H17F2NO2/c1-8(13(17)18)6-12(16(2)3)9-4-5-10(14)11(15)7-9/h4-5,7-8,12H,6H2,1-3H3,(H,17,18). The number of hydrogen-bond acceptors (Lipinski definition) is 2. The van der Waals surface area contributed by atoms with Crippen molar-refractivity contribution >= 4 is 5.97 Å². The highest BCUT2D eigenvalue weighted by atomic mass is 19.2. The van der Waals surface area contributed by atoms with Crippen LogP contribution in [0.4, 0.5) is 8.78 Å². The number of carboxylic acids is 1. The average molecular weight is 257 g/mol. The van der Waals surface area contributed by atoms with Crippen LogP contribution in [0.1, 0.15) is 24.9 Å². The molecule has 0 saturated heterocycles. The van der Waals surface area contributed by atoms with Crippen LogP contribution in [0.5, 0.6) is 0 Å². The summed E-state index contributed by atoms with van der Waals surface area (Å²) in [5.74, 6) is -3.26. The van der Waals surface area contributed by atoms with Crippen LogP contribution in [0.25, 0.3) is 0 Å². The molecule has 1 N–H and O–H groups in total. The third-order valence-electron chi connectivity index (χ3n) is 2.95. The molecule has 1 aromatic carbocycles. The highest BCUT2D eigenvalue weighted by molar-refractivity contribution is 5.69. The summed E-state index contributed by atoms with van der Waals surface area (Å²) in [5, 5.41) is 8.91. The molecule has 0 aliphatic rings. The van der Waals surface area contributed by atoms with E-state index in [1.807, 2.05) is 0 Å². The lowest BCUT2D eigenvalue weighted by atomic mass is 9.95. The van der Waals surface area contributed by atoms with Crippen LogP contribution in [-0.2, 0) is 4.79 Å². The Balaban J connectivity index is 2.97. The Bertz CT molecular complexity index is 435. The van der Waals surface area contributed by atoms with Gasteiger partial charge in [0, 0.05) is 6.04 Å². The molecule has 18 heavy (non-hydrogen) atoms. The van der Waals surface area contributed by atoms with E-state index in [-0.39, 0.29) is 6.04 Å². The maximum Gasteiger partial charge on any atom is 0.306 e. The number of hydrogen-bond donors (Lipinski definition) is 1. The molecule has 100 valence electrons. The van der Waals surface area contributed by atoms with E-state index in [9.17, 15) is 13.6 Å². The first-order chi connectivity index (χ1) is 8.32. The molecule has 0 aliphatic carbocycles. The number of halogens is 2. The lowest BCUT2D eigenvalue weighted by Crippen LogP contribution is -2.24.